The zero-order valence-corrected chi connectivity index (χ0v) is 24.4. The lowest BCUT2D eigenvalue weighted by molar-refractivity contribution is 0.0953. The van der Waals surface area contributed by atoms with E-state index in [9.17, 15) is 18.0 Å². The zero-order valence-electron chi connectivity index (χ0n) is 23.6. The van der Waals surface area contributed by atoms with E-state index in [0.29, 0.717) is 48.9 Å². The van der Waals surface area contributed by atoms with Gasteiger partial charge < -0.3 is 24.3 Å². The Hall–Kier alpha value is -3.99. The van der Waals surface area contributed by atoms with Crippen molar-refractivity contribution in [2.24, 2.45) is 5.92 Å². The Balaban J connectivity index is 1.53. The second kappa shape index (κ2) is 11.9. The minimum absolute atomic E-state index is 0.00442. The fourth-order valence-corrected chi connectivity index (χ4v) is 7.05. The van der Waals surface area contributed by atoms with E-state index in [1.807, 2.05) is 17.6 Å². The van der Waals surface area contributed by atoms with Gasteiger partial charge in [-0.3, -0.25) is 14.3 Å². The fraction of sp³-hybridized carbons (Fsp3) is 0.400. The number of unbranched alkanes of at least 4 members (excludes halogenated alkanes) is 1. The highest BCUT2D eigenvalue weighted by Crippen LogP contribution is 2.40. The van der Waals surface area contributed by atoms with E-state index in [1.54, 1.807) is 36.4 Å². The highest BCUT2D eigenvalue weighted by molar-refractivity contribution is 7.92. The molecule has 2 unspecified atom stereocenters. The van der Waals surface area contributed by atoms with Gasteiger partial charge in [0.15, 0.2) is 0 Å². The van der Waals surface area contributed by atoms with Gasteiger partial charge in [-0.1, -0.05) is 19.4 Å². The second-order valence-electron chi connectivity index (χ2n) is 10.6. The molecular formula is C30H36N4O6S. The van der Waals surface area contributed by atoms with Gasteiger partial charge in [-0.2, -0.15) is 0 Å². The van der Waals surface area contributed by atoms with Crippen molar-refractivity contribution in [2.45, 2.75) is 43.5 Å². The van der Waals surface area contributed by atoms with Crippen molar-refractivity contribution in [3.05, 3.63) is 76.2 Å². The Bertz CT molecular complexity index is 1600. The van der Waals surface area contributed by atoms with Gasteiger partial charge >= 0.3 is 0 Å². The molecule has 2 aliphatic heterocycles. The predicted molar refractivity (Wildman–Crippen MR) is 158 cm³/mol. The maximum absolute atomic E-state index is 13.8. The Kier molecular flexibility index (Phi) is 8.25. The number of carbonyl (C=O) groups is 1. The van der Waals surface area contributed by atoms with Crippen LogP contribution >= 0.6 is 0 Å². The molecular weight excluding hydrogens is 544 g/mol. The summed E-state index contributed by atoms with van der Waals surface area (Å²) in [6.45, 7) is 4.45. The first-order valence-corrected chi connectivity index (χ1v) is 15.3. The summed E-state index contributed by atoms with van der Waals surface area (Å²) in [6, 6.07) is 15.1. The average Bonchev–Trinajstić information content (AvgIpc) is 2.97. The molecule has 218 valence electrons. The number of benzene rings is 2. The van der Waals surface area contributed by atoms with E-state index in [2.05, 4.69) is 14.9 Å². The predicted octanol–water partition coefficient (Wildman–Crippen LogP) is 3.82. The molecule has 2 atom stereocenters. The first-order chi connectivity index (χ1) is 19.7. The van der Waals surface area contributed by atoms with Crippen LogP contribution in [0.5, 0.6) is 11.5 Å². The van der Waals surface area contributed by atoms with Crippen LogP contribution in [0.2, 0.25) is 0 Å². The van der Waals surface area contributed by atoms with Gasteiger partial charge in [0.25, 0.3) is 21.5 Å². The van der Waals surface area contributed by atoms with Crippen LogP contribution in [0, 0.1) is 5.92 Å². The highest BCUT2D eigenvalue weighted by Gasteiger charge is 2.36. The monoisotopic (exact) mass is 580 g/mol. The quantitative estimate of drug-likeness (QED) is 0.350. The molecule has 3 heterocycles. The summed E-state index contributed by atoms with van der Waals surface area (Å²) >= 11 is 0. The summed E-state index contributed by atoms with van der Waals surface area (Å²) in [5.41, 5.74) is 2.32. The van der Waals surface area contributed by atoms with Crippen molar-refractivity contribution in [3.63, 3.8) is 0 Å². The molecule has 3 aromatic rings. The van der Waals surface area contributed by atoms with E-state index in [4.69, 9.17) is 9.47 Å². The number of nitrogens with one attached hydrogen (secondary N) is 2. The SMILES string of the molecule is CCCCNC(=O)c1ccc(N2CC3CC(C2)c2cccc(=O)n2C3)c(NS(=O)(=O)c2cc(OC)ccc2OC)c1. The van der Waals surface area contributed by atoms with E-state index in [1.165, 1.54) is 26.4 Å². The summed E-state index contributed by atoms with van der Waals surface area (Å²) in [7, 11) is -1.28. The van der Waals surface area contributed by atoms with Gasteiger partial charge in [0, 0.05) is 55.5 Å². The number of piperidine rings is 1. The Labute approximate surface area is 240 Å². The number of methoxy groups -OCH3 is 2. The number of hydrogen-bond acceptors (Lipinski definition) is 7. The van der Waals surface area contributed by atoms with E-state index in [0.717, 1.165) is 25.0 Å². The number of fused-ring (bicyclic) bond motifs is 4. The number of rotatable bonds is 10. The maximum atomic E-state index is 13.8. The number of ether oxygens (including phenoxy) is 2. The van der Waals surface area contributed by atoms with Crippen LogP contribution in [0.1, 0.15) is 48.2 Å². The van der Waals surface area contributed by atoms with E-state index in [-0.39, 0.29) is 33.9 Å². The fourth-order valence-electron chi connectivity index (χ4n) is 5.80. The summed E-state index contributed by atoms with van der Waals surface area (Å²) in [5, 5.41) is 2.90. The first-order valence-electron chi connectivity index (χ1n) is 13.9. The number of pyridine rings is 1. The molecule has 11 heteroatoms. The topological polar surface area (TPSA) is 119 Å². The minimum atomic E-state index is -4.14. The molecule has 2 aliphatic rings. The van der Waals surface area contributed by atoms with Gasteiger partial charge in [-0.15, -0.1) is 0 Å². The normalized spacial score (nSPS) is 17.9. The third kappa shape index (κ3) is 5.90. The Morgan fingerprint density at radius 1 is 1.02 bits per heavy atom. The van der Waals surface area contributed by atoms with Crippen molar-refractivity contribution < 1.29 is 22.7 Å². The Morgan fingerprint density at radius 3 is 2.61 bits per heavy atom. The van der Waals surface area contributed by atoms with Crippen molar-refractivity contribution >= 4 is 27.3 Å². The molecule has 10 nitrogen and oxygen atoms in total. The van der Waals surface area contributed by atoms with Crippen LogP contribution in [0.4, 0.5) is 11.4 Å². The Morgan fingerprint density at radius 2 is 1.85 bits per heavy atom. The molecule has 1 saturated heterocycles. The van der Waals surface area contributed by atoms with Crippen LogP contribution in [-0.4, -0.2) is 52.7 Å². The van der Waals surface area contributed by atoms with Crippen molar-refractivity contribution in [2.75, 3.05) is 43.5 Å². The molecule has 1 fully saturated rings. The van der Waals surface area contributed by atoms with Crippen LogP contribution < -0.4 is 30.0 Å². The number of hydrogen-bond donors (Lipinski definition) is 2. The van der Waals surface area contributed by atoms with E-state index < -0.39 is 10.0 Å². The smallest absolute Gasteiger partial charge is 0.265 e. The molecule has 2 bridgehead atoms. The zero-order chi connectivity index (χ0) is 29.1. The molecule has 5 rings (SSSR count). The third-order valence-corrected chi connectivity index (χ3v) is 9.19. The molecule has 0 aliphatic carbocycles. The molecule has 41 heavy (non-hydrogen) atoms. The first kappa shape index (κ1) is 28.5. The van der Waals surface area contributed by atoms with Crippen LogP contribution in [0.3, 0.4) is 0 Å². The molecule has 2 N–H and O–H groups in total. The van der Waals surface area contributed by atoms with Crippen LogP contribution in [-0.2, 0) is 16.6 Å². The van der Waals surface area contributed by atoms with Gasteiger partial charge in [0.1, 0.15) is 16.4 Å². The maximum Gasteiger partial charge on any atom is 0.265 e. The van der Waals surface area contributed by atoms with Gasteiger partial charge in [-0.25, -0.2) is 8.42 Å². The molecule has 1 aromatic heterocycles. The number of anilines is 2. The summed E-state index contributed by atoms with van der Waals surface area (Å²) in [5.74, 6) is 0.613. The molecule has 0 radical (unpaired) electrons. The molecule has 1 amide bonds. The van der Waals surface area contributed by atoms with Gasteiger partial charge in [0.05, 0.1) is 25.6 Å². The average molecular weight is 581 g/mol. The third-order valence-electron chi connectivity index (χ3n) is 7.80. The summed E-state index contributed by atoms with van der Waals surface area (Å²) in [6.07, 6.45) is 2.75. The lowest BCUT2D eigenvalue weighted by Gasteiger charge is -2.44. The largest absolute Gasteiger partial charge is 0.497 e. The molecule has 0 spiro atoms. The van der Waals surface area contributed by atoms with Crippen molar-refractivity contribution in [1.29, 1.82) is 0 Å². The molecule has 0 saturated carbocycles. The van der Waals surface area contributed by atoms with Crippen LogP contribution in [0.25, 0.3) is 0 Å². The highest BCUT2D eigenvalue weighted by atomic mass is 32.2. The van der Waals surface area contributed by atoms with Crippen molar-refractivity contribution in [3.8, 4) is 11.5 Å². The van der Waals surface area contributed by atoms with Gasteiger partial charge in [-0.05, 0) is 55.2 Å². The number of carbonyl (C=O) groups excluding carboxylic acids is 1. The van der Waals surface area contributed by atoms with Gasteiger partial charge in [0.2, 0.25) is 0 Å². The molecule has 2 aromatic carbocycles. The summed E-state index contributed by atoms with van der Waals surface area (Å²) in [4.78, 5) is 27.5. The second-order valence-corrected chi connectivity index (χ2v) is 12.2. The van der Waals surface area contributed by atoms with Crippen molar-refractivity contribution in [1.82, 2.24) is 9.88 Å². The summed E-state index contributed by atoms with van der Waals surface area (Å²) < 4.78 is 42.8. The number of sulfonamides is 1. The van der Waals surface area contributed by atoms with E-state index >= 15 is 0 Å². The number of nitrogens with zero attached hydrogens (tertiary/aromatic N) is 2. The lowest BCUT2D eigenvalue weighted by atomic mass is 9.83. The lowest BCUT2D eigenvalue weighted by Crippen LogP contribution is -2.47. The number of amides is 1. The standard InChI is InChI=1S/C30H36N4O6S/c1-4-5-13-31-30(36)21-9-11-26(33-17-20-14-22(19-33)25-7-6-8-29(35)34(25)18-20)24(15-21)32-41(37,38)28-16-23(39-2)10-12-27(28)40-3/h6-12,15-16,20,22,32H,4-5,13-14,17-19H2,1-3H3,(H,31,36). The van der Waals surface area contributed by atoms with Crippen LogP contribution in [0.15, 0.2) is 64.3 Å². The minimum Gasteiger partial charge on any atom is -0.497 e. The number of aromatic nitrogens is 1.